The average molecular weight is 466 g/mol. The third kappa shape index (κ3) is 8.23. The first kappa shape index (κ1) is 24.8. The van der Waals surface area contributed by atoms with Crippen molar-refractivity contribution in [3.8, 4) is 11.5 Å². The smallest absolute Gasteiger partial charge is 0.220 e. The first-order valence-corrected chi connectivity index (χ1v) is 11.3. The van der Waals surface area contributed by atoms with Crippen LogP contribution in [0.25, 0.3) is 0 Å². The van der Waals surface area contributed by atoms with Crippen LogP contribution in [0.2, 0.25) is 0 Å². The van der Waals surface area contributed by atoms with Crippen LogP contribution in [0.4, 0.5) is 0 Å². The van der Waals surface area contributed by atoms with E-state index in [1.807, 2.05) is 54.7 Å². The molecule has 2 N–H and O–H groups in total. The van der Waals surface area contributed by atoms with E-state index in [-0.39, 0.29) is 11.8 Å². The second-order valence-corrected chi connectivity index (χ2v) is 7.74. The Morgan fingerprint density at radius 1 is 0.824 bits per heavy atom. The maximum absolute atomic E-state index is 11.3. The molecular formula is C25H31N5O4. The molecule has 0 atom stereocenters. The van der Waals surface area contributed by atoms with Gasteiger partial charge in [-0.05, 0) is 48.2 Å². The Balaban J connectivity index is 1.37. The highest BCUT2D eigenvalue weighted by Crippen LogP contribution is 2.15. The Morgan fingerprint density at radius 2 is 1.35 bits per heavy atom. The molecule has 2 aromatic carbocycles. The lowest BCUT2D eigenvalue weighted by Crippen LogP contribution is -2.17. The lowest BCUT2D eigenvalue weighted by atomic mass is 10.1. The number of rotatable bonds is 13. The fourth-order valence-corrected chi connectivity index (χ4v) is 3.20. The number of nitrogens with one attached hydrogen (secondary N) is 2. The van der Waals surface area contributed by atoms with Crippen LogP contribution in [0.5, 0.6) is 11.5 Å². The topological polar surface area (TPSA) is 107 Å². The highest BCUT2D eigenvalue weighted by atomic mass is 16.5. The molecule has 0 aliphatic rings. The fourth-order valence-electron chi connectivity index (χ4n) is 3.20. The van der Waals surface area contributed by atoms with Gasteiger partial charge in [-0.1, -0.05) is 29.5 Å². The number of carbonyl (C=O) groups excluding carboxylic acids is 2. The summed E-state index contributed by atoms with van der Waals surface area (Å²) in [4.78, 5) is 22.7. The molecule has 1 aromatic heterocycles. The zero-order valence-corrected chi connectivity index (χ0v) is 19.6. The van der Waals surface area contributed by atoms with Crippen molar-refractivity contribution in [1.82, 2.24) is 25.6 Å². The Labute approximate surface area is 199 Å². The van der Waals surface area contributed by atoms with Crippen molar-refractivity contribution >= 4 is 11.8 Å². The fraction of sp³-hybridized carbons (Fsp3) is 0.360. The molecule has 0 saturated heterocycles. The molecule has 0 bridgehead atoms. The molecule has 0 aliphatic carbocycles. The number of aryl methyl sites for hydroxylation is 2. The van der Waals surface area contributed by atoms with Gasteiger partial charge in [-0.3, -0.25) is 9.59 Å². The number of aromatic nitrogens is 3. The van der Waals surface area contributed by atoms with E-state index in [1.165, 1.54) is 0 Å². The van der Waals surface area contributed by atoms with Crippen molar-refractivity contribution in [2.45, 2.75) is 38.8 Å². The second-order valence-electron chi connectivity index (χ2n) is 7.74. The molecule has 0 fully saturated rings. The van der Waals surface area contributed by atoms with Crippen molar-refractivity contribution in [1.29, 1.82) is 0 Å². The molecule has 0 spiro atoms. The quantitative estimate of drug-likeness (QED) is 0.401. The molecule has 9 nitrogen and oxygen atoms in total. The number of ether oxygens (including phenoxy) is 2. The van der Waals surface area contributed by atoms with E-state index in [0.717, 1.165) is 28.3 Å². The second kappa shape index (κ2) is 13.0. The summed E-state index contributed by atoms with van der Waals surface area (Å²) in [7, 11) is 3.28. The minimum atomic E-state index is 0.0289. The molecule has 9 heteroatoms. The molecule has 2 amide bonds. The molecule has 0 aliphatic heterocycles. The highest BCUT2D eigenvalue weighted by Gasteiger charge is 2.05. The summed E-state index contributed by atoms with van der Waals surface area (Å²) >= 11 is 0. The summed E-state index contributed by atoms with van der Waals surface area (Å²) in [5.74, 6) is 1.57. The number of nitrogens with zero attached hydrogens (tertiary/aromatic N) is 3. The van der Waals surface area contributed by atoms with Gasteiger partial charge in [-0.25, -0.2) is 4.68 Å². The first-order chi connectivity index (χ1) is 16.6. The van der Waals surface area contributed by atoms with Crippen LogP contribution in [0.3, 0.4) is 0 Å². The maximum Gasteiger partial charge on any atom is 0.220 e. The van der Waals surface area contributed by atoms with E-state index in [9.17, 15) is 9.59 Å². The van der Waals surface area contributed by atoms with Crippen molar-refractivity contribution in [3.63, 3.8) is 0 Å². The normalized spacial score (nSPS) is 10.5. The van der Waals surface area contributed by atoms with Crippen LogP contribution >= 0.6 is 0 Å². The predicted octanol–water partition coefficient (Wildman–Crippen LogP) is 2.29. The molecule has 180 valence electrons. The lowest BCUT2D eigenvalue weighted by Gasteiger charge is -2.07. The zero-order valence-electron chi connectivity index (χ0n) is 19.6. The minimum absolute atomic E-state index is 0.0289. The van der Waals surface area contributed by atoms with Gasteiger partial charge < -0.3 is 20.1 Å². The van der Waals surface area contributed by atoms with Gasteiger partial charge in [-0.15, -0.1) is 5.10 Å². The van der Waals surface area contributed by atoms with Gasteiger partial charge in [0, 0.05) is 26.9 Å². The van der Waals surface area contributed by atoms with E-state index in [1.54, 1.807) is 18.8 Å². The van der Waals surface area contributed by atoms with E-state index in [0.29, 0.717) is 45.4 Å². The Kier molecular flexibility index (Phi) is 9.45. The van der Waals surface area contributed by atoms with Crippen molar-refractivity contribution in [2.75, 3.05) is 20.7 Å². The van der Waals surface area contributed by atoms with Gasteiger partial charge in [0.15, 0.2) is 0 Å². The van der Waals surface area contributed by atoms with Gasteiger partial charge in [0.25, 0.3) is 0 Å². The molecule has 0 radical (unpaired) electrons. The van der Waals surface area contributed by atoms with Crippen LogP contribution in [0.1, 0.15) is 29.7 Å². The highest BCUT2D eigenvalue weighted by molar-refractivity contribution is 5.76. The summed E-state index contributed by atoms with van der Waals surface area (Å²) in [5.41, 5.74) is 2.90. The number of amides is 2. The third-order valence-electron chi connectivity index (χ3n) is 5.25. The van der Waals surface area contributed by atoms with Crippen LogP contribution in [0, 0.1) is 0 Å². The van der Waals surface area contributed by atoms with E-state index >= 15 is 0 Å². The van der Waals surface area contributed by atoms with Gasteiger partial charge in [0.05, 0.1) is 12.7 Å². The van der Waals surface area contributed by atoms with Crippen molar-refractivity contribution < 1.29 is 19.1 Å². The van der Waals surface area contributed by atoms with E-state index in [4.69, 9.17) is 9.47 Å². The Bertz CT molecular complexity index is 1050. The van der Waals surface area contributed by atoms with Gasteiger partial charge in [0.1, 0.15) is 30.4 Å². The van der Waals surface area contributed by atoms with E-state index < -0.39 is 0 Å². The molecular weight excluding hydrogens is 434 g/mol. The predicted molar refractivity (Wildman–Crippen MR) is 128 cm³/mol. The SMILES string of the molecule is CNC(=O)CCc1ccc(OCCn2cc(COc3ccc(CCC(=O)NC)cc3)nn2)cc1. The number of hydrogen-bond acceptors (Lipinski definition) is 6. The summed E-state index contributed by atoms with van der Waals surface area (Å²) < 4.78 is 13.3. The monoisotopic (exact) mass is 465 g/mol. The number of carbonyl (C=O) groups is 2. The Morgan fingerprint density at radius 3 is 1.88 bits per heavy atom. The summed E-state index contributed by atoms with van der Waals surface area (Å²) in [6, 6.07) is 15.5. The van der Waals surface area contributed by atoms with Crippen molar-refractivity contribution in [3.05, 3.63) is 71.5 Å². The summed E-state index contributed by atoms with van der Waals surface area (Å²) in [6.07, 6.45) is 4.17. The van der Waals surface area contributed by atoms with Gasteiger partial charge in [0.2, 0.25) is 11.8 Å². The summed E-state index contributed by atoms with van der Waals surface area (Å²) in [5, 5.41) is 13.5. The average Bonchev–Trinajstić information content (AvgIpc) is 3.33. The lowest BCUT2D eigenvalue weighted by molar-refractivity contribution is -0.121. The standard InChI is InChI=1S/C25H31N5O4/c1-26-24(31)13-7-19-3-9-22(10-4-19)33-16-15-30-17-21(28-29-30)18-34-23-11-5-20(6-12-23)8-14-25(32)27-2/h3-6,9-12,17H,7-8,13-16,18H2,1-2H3,(H,26,31)(H,27,32). The minimum Gasteiger partial charge on any atom is -0.492 e. The largest absolute Gasteiger partial charge is 0.492 e. The van der Waals surface area contributed by atoms with Crippen LogP contribution in [-0.4, -0.2) is 47.5 Å². The number of hydrogen-bond donors (Lipinski definition) is 2. The van der Waals surface area contributed by atoms with Crippen LogP contribution in [-0.2, 0) is 35.6 Å². The first-order valence-electron chi connectivity index (χ1n) is 11.3. The molecule has 3 aromatic rings. The molecule has 1 heterocycles. The van der Waals surface area contributed by atoms with Crippen molar-refractivity contribution in [2.24, 2.45) is 0 Å². The van der Waals surface area contributed by atoms with E-state index in [2.05, 4.69) is 20.9 Å². The zero-order chi connectivity index (χ0) is 24.2. The Hall–Kier alpha value is -3.88. The molecule has 34 heavy (non-hydrogen) atoms. The van der Waals surface area contributed by atoms with Crippen LogP contribution < -0.4 is 20.1 Å². The molecule has 0 unspecified atom stereocenters. The third-order valence-corrected chi connectivity index (χ3v) is 5.25. The van der Waals surface area contributed by atoms with Crippen LogP contribution in [0.15, 0.2) is 54.7 Å². The molecule has 0 saturated carbocycles. The van der Waals surface area contributed by atoms with Gasteiger partial charge >= 0.3 is 0 Å². The molecule has 3 rings (SSSR count). The van der Waals surface area contributed by atoms with Gasteiger partial charge in [-0.2, -0.15) is 0 Å². The number of benzene rings is 2. The maximum atomic E-state index is 11.3. The summed E-state index contributed by atoms with van der Waals surface area (Å²) in [6.45, 7) is 1.33.